The van der Waals surface area contributed by atoms with Crippen molar-refractivity contribution in [3.63, 3.8) is 0 Å². The molecule has 0 N–H and O–H groups in total. The Kier molecular flexibility index (Phi) is 1.53. The lowest BCUT2D eigenvalue weighted by molar-refractivity contribution is 0.653. The molecule has 0 saturated heterocycles. The first kappa shape index (κ1) is 8.64. The molecule has 80 valence electrons. The molecule has 4 nitrogen and oxygen atoms in total. The SMILES string of the molecule is c1ccc2nc3oc4cncnc4c3cc2c1. The standard InChI is InChI=1S/C13H7N3O/c1-2-4-10-8(3-1)5-9-12-11(6-14-7-15-12)17-13(9)16-10/h1-7H. The summed E-state index contributed by atoms with van der Waals surface area (Å²) >= 11 is 0. The van der Waals surface area contributed by atoms with Crippen LogP contribution in [0.25, 0.3) is 33.1 Å². The summed E-state index contributed by atoms with van der Waals surface area (Å²) < 4.78 is 5.62. The van der Waals surface area contributed by atoms with Gasteiger partial charge in [-0.05, 0) is 12.1 Å². The van der Waals surface area contributed by atoms with Crippen molar-refractivity contribution < 1.29 is 4.42 Å². The van der Waals surface area contributed by atoms with Gasteiger partial charge in [-0.15, -0.1) is 0 Å². The van der Waals surface area contributed by atoms with E-state index in [4.69, 9.17) is 4.42 Å². The molecule has 0 aliphatic rings. The molecule has 0 radical (unpaired) electrons. The van der Waals surface area contributed by atoms with Crippen molar-refractivity contribution in [1.29, 1.82) is 0 Å². The predicted molar refractivity (Wildman–Crippen MR) is 64.6 cm³/mol. The molecule has 0 saturated carbocycles. The number of pyridine rings is 1. The quantitative estimate of drug-likeness (QED) is 0.458. The zero-order valence-electron chi connectivity index (χ0n) is 8.79. The molecule has 4 aromatic rings. The molecule has 4 rings (SSSR count). The van der Waals surface area contributed by atoms with Gasteiger partial charge in [0.1, 0.15) is 11.8 Å². The van der Waals surface area contributed by atoms with Crippen LogP contribution in [0.1, 0.15) is 0 Å². The van der Waals surface area contributed by atoms with Crippen LogP contribution in [0.4, 0.5) is 0 Å². The minimum atomic E-state index is 0.610. The Labute approximate surface area is 95.9 Å². The third kappa shape index (κ3) is 1.15. The summed E-state index contributed by atoms with van der Waals surface area (Å²) in [5, 5.41) is 2.02. The maximum absolute atomic E-state index is 5.62. The van der Waals surface area contributed by atoms with Crippen LogP contribution in [-0.4, -0.2) is 15.0 Å². The molecular weight excluding hydrogens is 214 g/mol. The number of rotatable bonds is 0. The smallest absolute Gasteiger partial charge is 0.229 e. The molecule has 1 aromatic carbocycles. The lowest BCUT2D eigenvalue weighted by atomic mass is 10.2. The normalized spacial score (nSPS) is 11.5. The van der Waals surface area contributed by atoms with E-state index in [-0.39, 0.29) is 0 Å². The van der Waals surface area contributed by atoms with E-state index in [2.05, 4.69) is 21.0 Å². The van der Waals surface area contributed by atoms with Gasteiger partial charge in [0.25, 0.3) is 0 Å². The molecule has 3 aromatic heterocycles. The monoisotopic (exact) mass is 221 g/mol. The van der Waals surface area contributed by atoms with Crippen molar-refractivity contribution in [2.45, 2.75) is 0 Å². The van der Waals surface area contributed by atoms with Crippen LogP contribution in [0, 0.1) is 0 Å². The molecule has 0 aliphatic carbocycles. The molecule has 17 heavy (non-hydrogen) atoms. The second kappa shape index (κ2) is 3.01. The van der Waals surface area contributed by atoms with Crippen LogP contribution < -0.4 is 0 Å². The van der Waals surface area contributed by atoms with Crippen molar-refractivity contribution in [3.05, 3.63) is 42.9 Å². The van der Waals surface area contributed by atoms with Gasteiger partial charge in [-0.3, -0.25) is 0 Å². The highest BCUT2D eigenvalue weighted by Crippen LogP contribution is 2.27. The molecule has 0 spiro atoms. The number of hydrogen-bond donors (Lipinski definition) is 0. The summed E-state index contributed by atoms with van der Waals surface area (Å²) in [5.41, 5.74) is 3.02. The summed E-state index contributed by atoms with van der Waals surface area (Å²) in [6, 6.07) is 10.0. The molecule has 0 atom stereocenters. The number of furan rings is 1. The molecule has 0 bridgehead atoms. The lowest BCUT2D eigenvalue weighted by Gasteiger charge is -1.95. The Morgan fingerprint density at radius 1 is 1.12 bits per heavy atom. The Hall–Kier alpha value is -2.49. The third-order valence-corrected chi connectivity index (χ3v) is 2.83. The van der Waals surface area contributed by atoms with Crippen LogP contribution in [0.3, 0.4) is 0 Å². The highest BCUT2D eigenvalue weighted by molar-refractivity contribution is 6.04. The fraction of sp³-hybridized carbons (Fsp3) is 0. The molecule has 0 fully saturated rings. The van der Waals surface area contributed by atoms with Gasteiger partial charge in [0.2, 0.25) is 5.71 Å². The summed E-state index contributed by atoms with van der Waals surface area (Å²) in [7, 11) is 0. The Balaban J connectivity index is 2.28. The van der Waals surface area contributed by atoms with E-state index in [0.29, 0.717) is 11.3 Å². The highest BCUT2D eigenvalue weighted by atomic mass is 16.3. The fourth-order valence-electron chi connectivity index (χ4n) is 2.04. The maximum Gasteiger partial charge on any atom is 0.229 e. The van der Waals surface area contributed by atoms with Gasteiger partial charge < -0.3 is 4.42 Å². The Bertz CT molecular complexity index is 845. The average molecular weight is 221 g/mol. The molecule has 0 amide bonds. The van der Waals surface area contributed by atoms with Gasteiger partial charge >= 0.3 is 0 Å². The minimum absolute atomic E-state index is 0.610. The number of fused-ring (bicyclic) bond motifs is 4. The zero-order chi connectivity index (χ0) is 11.2. The van der Waals surface area contributed by atoms with E-state index >= 15 is 0 Å². The van der Waals surface area contributed by atoms with Gasteiger partial charge in [-0.2, -0.15) is 0 Å². The zero-order valence-corrected chi connectivity index (χ0v) is 8.79. The minimum Gasteiger partial charge on any atom is -0.434 e. The van der Waals surface area contributed by atoms with Crippen LogP contribution in [0.5, 0.6) is 0 Å². The first-order chi connectivity index (χ1) is 8.42. The molecule has 0 aliphatic heterocycles. The summed E-state index contributed by atoms with van der Waals surface area (Å²) in [4.78, 5) is 12.7. The molecule has 0 unspecified atom stereocenters. The van der Waals surface area contributed by atoms with Crippen LogP contribution in [0.15, 0.2) is 47.3 Å². The van der Waals surface area contributed by atoms with Crippen LogP contribution in [-0.2, 0) is 0 Å². The van der Waals surface area contributed by atoms with Crippen molar-refractivity contribution in [2.75, 3.05) is 0 Å². The van der Waals surface area contributed by atoms with Gasteiger partial charge in [0.05, 0.1) is 17.1 Å². The number of para-hydroxylation sites is 1. The summed E-state index contributed by atoms with van der Waals surface area (Å²) in [5.74, 6) is 0. The van der Waals surface area contributed by atoms with Crippen molar-refractivity contribution in [3.8, 4) is 0 Å². The molecular formula is C13H7N3O. The molecule has 3 heterocycles. The lowest BCUT2D eigenvalue weighted by Crippen LogP contribution is -1.79. The highest BCUT2D eigenvalue weighted by Gasteiger charge is 2.09. The number of hydrogen-bond acceptors (Lipinski definition) is 4. The predicted octanol–water partition coefficient (Wildman–Crippen LogP) is 2.92. The topological polar surface area (TPSA) is 51.8 Å². The van der Waals surface area contributed by atoms with E-state index in [1.165, 1.54) is 6.33 Å². The number of benzene rings is 1. The van der Waals surface area contributed by atoms with E-state index in [1.807, 2.05) is 24.3 Å². The second-order valence-corrected chi connectivity index (χ2v) is 3.87. The van der Waals surface area contributed by atoms with E-state index < -0.39 is 0 Å². The third-order valence-electron chi connectivity index (χ3n) is 2.83. The number of nitrogens with zero attached hydrogens (tertiary/aromatic N) is 3. The average Bonchev–Trinajstić information content (AvgIpc) is 2.73. The van der Waals surface area contributed by atoms with Gasteiger partial charge in [-0.1, -0.05) is 18.2 Å². The molecule has 4 heteroatoms. The van der Waals surface area contributed by atoms with Crippen LogP contribution >= 0.6 is 0 Å². The largest absolute Gasteiger partial charge is 0.434 e. The first-order valence-electron chi connectivity index (χ1n) is 5.30. The van der Waals surface area contributed by atoms with Gasteiger partial charge in [0, 0.05) is 5.39 Å². The number of aromatic nitrogens is 3. The fourth-order valence-corrected chi connectivity index (χ4v) is 2.04. The van der Waals surface area contributed by atoms with Gasteiger partial charge in [0.15, 0.2) is 5.58 Å². The van der Waals surface area contributed by atoms with Crippen LogP contribution in [0.2, 0.25) is 0 Å². The van der Waals surface area contributed by atoms with E-state index in [1.54, 1.807) is 6.20 Å². The summed E-state index contributed by atoms with van der Waals surface area (Å²) in [6.45, 7) is 0. The maximum atomic E-state index is 5.62. The second-order valence-electron chi connectivity index (χ2n) is 3.87. The van der Waals surface area contributed by atoms with Crippen molar-refractivity contribution >= 4 is 33.1 Å². The van der Waals surface area contributed by atoms with E-state index in [0.717, 1.165) is 21.8 Å². The van der Waals surface area contributed by atoms with Crippen molar-refractivity contribution in [1.82, 2.24) is 15.0 Å². The van der Waals surface area contributed by atoms with Crippen molar-refractivity contribution in [2.24, 2.45) is 0 Å². The Morgan fingerprint density at radius 3 is 3.06 bits per heavy atom. The van der Waals surface area contributed by atoms with E-state index in [9.17, 15) is 0 Å². The van der Waals surface area contributed by atoms with Gasteiger partial charge in [-0.25, -0.2) is 15.0 Å². The Morgan fingerprint density at radius 2 is 2.06 bits per heavy atom. The first-order valence-corrected chi connectivity index (χ1v) is 5.30. The summed E-state index contributed by atoms with van der Waals surface area (Å²) in [6.07, 6.45) is 3.18.